The van der Waals surface area contributed by atoms with E-state index in [0.717, 1.165) is 19.3 Å². The van der Waals surface area contributed by atoms with Crippen molar-refractivity contribution in [2.75, 3.05) is 25.0 Å². The average molecular weight is 407 g/mol. The van der Waals surface area contributed by atoms with Crippen LogP contribution in [0.15, 0.2) is 42.5 Å². The standard InChI is InChI=1S/C20H20Cl2N2O3/c21-14-2-5-16(6-3-14)27-18-7-4-15(22)12-17(18)23-19(25)24-10-11-26-20(13-24)8-1-9-20/h2-7,12H,1,8-11,13H2,(H,23,25). The lowest BCUT2D eigenvalue weighted by Crippen LogP contribution is -2.57. The molecule has 0 aromatic heterocycles. The number of morpholine rings is 1. The summed E-state index contributed by atoms with van der Waals surface area (Å²) in [7, 11) is 0. The van der Waals surface area contributed by atoms with E-state index in [1.54, 1.807) is 47.4 Å². The number of urea groups is 1. The third-order valence-electron chi connectivity index (χ3n) is 5.03. The Hall–Kier alpha value is -1.95. The van der Waals surface area contributed by atoms with Crippen LogP contribution < -0.4 is 10.1 Å². The molecule has 142 valence electrons. The summed E-state index contributed by atoms with van der Waals surface area (Å²) in [6.07, 6.45) is 3.18. The van der Waals surface area contributed by atoms with Crippen LogP contribution >= 0.6 is 23.2 Å². The molecule has 7 heteroatoms. The molecule has 1 heterocycles. The van der Waals surface area contributed by atoms with Gasteiger partial charge < -0.3 is 19.7 Å². The largest absolute Gasteiger partial charge is 0.455 e. The first-order valence-corrected chi connectivity index (χ1v) is 9.72. The zero-order valence-electron chi connectivity index (χ0n) is 14.7. The van der Waals surface area contributed by atoms with Gasteiger partial charge in [-0.1, -0.05) is 23.2 Å². The highest BCUT2D eigenvalue weighted by molar-refractivity contribution is 6.31. The molecular formula is C20H20Cl2N2O3. The summed E-state index contributed by atoms with van der Waals surface area (Å²) >= 11 is 12.0. The van der Waals surface area contributed by atoms with E-state index in [-0.39, 0.29) is 11.6 Å². The Balaban J connectivity index is 1.49. The number of anilines is 1. The highest BCUT2D eigenvalue weighted by Gasteiger charge is 2.43. The molecule has 0 atom stereocenters. The molecule has 1 saturated carbocycles. The number of hydrogen-bond donors (Lipinski definition) is 1. The predicted molar refractivity (Wildman–Crippen MR) is 106 cm³/mol. The molecule has 0 bridgehead atoms. The molecular weight excluding hydrogens is 387 g/mol. The smallest absolute Gasteiger partial charge is 0.322 e. The summed E-state index contributed by atoms with van der Waals surface area (Å²) in [6.45, 7) is 1.76. The number of nitrogens with zero attached hydrogens (tertiary/aromatic N) is 1. The number of halogens is 2. The number of carbonyl (C=O) groups is 1. The van der Waals surface area contributed by atoms with Gasteiger partial charge in [0.15, 0.2) is 5.75 Å². The van der Waals surface area contributed by atoms with Crippen LogP contribution in [0.3, 0.4) is 0 Å². The summed E-state index contributed by atoms with van der Waals surface area (Å²) in [5.41, 5.74) is 0.378. The van der Waals surface area contributed by atoms with Crippen molar-refractivity contribution in [3.8, 4) is 11.5 Å². The third-order valence-corrected chi connectivity index (χ3v) is 5.51. The summed E-state index contributed by atoms with van der Waals surface area (Å²) in [5.74, 6) is 1.14. The molecule has 0 unspecified atom stereocenters. The topological polar surface area (TPSA) is 50.8 Å². The maximum absolute atomic E-state index is 12.8. The fourth-order valence-corrected chi connectivity index (χ4v) is 3.70. The molecule has 1 N–H and O–H groups in total. The van der Waals surface area contributed by atoms with Crippen molar-refractivity contribution in [1.82, 2.24) is 4.90 Å². The van der Waals surface area contributed by atoms with Gasteiger partial charge in [-0.05, 0) is 61.7 Å². The lowest BCUT2D eigenvalue weighted by Gasteiger charge is -2.48. The van der Waals surface area contributed by atoms with Gasteiger partial charge in [0.05, 0.1) is 24.4 Å². The fraction of sp³-hybridized carbons (Fsp3) is 0.350. The molecule has 2 aliphatic rings. The molecule has 2 aromatic carbocycles. The molecule has 5 nitrogen and oxygen atoms in total. The fourth-order valence-electron chi connectivity index (χ4n) is 3.40. The van der Waals surface area contributed by atoms with Gasteiger partial charge in [0, 0.05) is 16.6 Å². The number of benzene rings is 2. The second-order valence-electron chi connectivity index (χ2n) is 6.93. The Morgan fingerprint density at radius 2 is 1.85 bits per heavy atom. The molecule has 2 aromatic rings. The maximum Gasteiger partial charge on any atom is 0.322 e. The van der Waals surface area contributed by atoms with Gasteiger partial charge in [-0.3, -0.25) is 0 Å². The van der Waals surface area contributed by atoms with Crippen LogP contribution in [-0.4, -0.2) is 36.2 Å². The molecule has 1 spiro atoms. The zero-order chi connectivity index (χ0) is 18.9. The molecule has 1 aliphatic carbocycles. The summed E-state index contributed by atoms with van der Waals surface area (Å²) in [6, 6.07) is 12.0. The Labute approximate surface area is 168 Å². The molecule has 2 amide bonds. The van der Waals surface area contributed by atoms with Crippen molar-refractivity contribution in [2.24, 2.45) is 0 Å². The first-order valence-electron chi connectivity index (χ1n) is 8.96. The van der Waals surface area contributed by atoms with E-state index in [1.807, 2.05) is 0 Å². The number of carbonyl (C=O) groups excluding carboxylic acids is 1. The highest BCUT2D eigenvalue weighted by Crippen LogP contribution is 2.38. The third kappa shape index (κ3) is 4.15. The second kappa shape index (κ2) is 7.58. The Bertz CT molecular complexity index is 838. The van der Waals surface area contributed by atoms with Gasteiger partial charge in [-0.15, -0.1) is 0 Å². The number of amides is 2. The minimum Gasteiger partial charge on any atom is -0.455 e. The summed E-state index contributed by atoms with van der Waals surface area (Å²) in [5, 5.41) is 4.08. The maximum atomic E-state index is 12.8. The lowest BCUT2D eigenvalue weighted by atomic mass is 9.79. The van der Waals surface area contributed by atoms with E-state index < -0.39 is 0 Å². The summed E-state index contributed by atoms with van der Waals surface area (Å²) in [4.78, 5) is 14.6. The predicted octanol–water partition coefficient (Wildman–Crippen LogP) is 5.57. The van der Waals surface area contributed by atoms with Gasteiger partial charge in [-0.25, -0.2) is 4.79 Å². The van der Waals surface area contributed by atoms with Crippen molar-refractivity contribution >= 4 is 34.9 Å². The normalized spacial score (nSPS) is 18.1. The van der Waals surface area contributed by atoms with Gasteiger partial charge >= 0.3 is 6.03 Å². The average Bonchev–Trinajstić information content (AvgIpc) is 2.64. The second-order valence-corrected chi connectivity index (χ2v) is 7.81. The SMILES string of the molecule is O=C(Nc1cc(Cl)ccc1Oc1ccc(Cl)cc1)N1CCOC2(CCC2)C1. The zero-order valence-corrected chi connectivity index (χ0v) is 16.2. The first-order chi connectivity index (χ1) is 13.0. The van der Waals surface area contributed by atoms with Gasteiger partial charge in [0.2, 0.25) is 0 Å². The van der Waals surface area contributed by atoms with E-state index in [4.69, 9.17) is 32.7 Å². The van der Waals surface area contributed by atoms with Crippen LogP contribution in [0.25, 0.3) is 0 Å². The number of hydrogen-bond acceptors (Lipinski definition) is 3. The monoisotopic (exact) mass is 406 g/mol. The van der Waals surface area contributed by atoms with Crippen LogP contribution in [0, 0.1) is 0 Å². The minimum atomic E-state index is -0.173. The van der Waals surface area contributed by atoms with Gasteiger partial charge in [-0.2, -0.15) is 0 Å². The van der Waals surface area contributed by atoms with Crippen LogP contribution in [0.2, 0.25) is 10.0 Å². The van der Waals surface area contributed by atoms with Crippen molar-refractivity contribution in [3.63, 3.8) is 0 Å². The molecule has 27 heavy (non-hydrogen) atoms. The number of nitrogens with one attached hydrogen (secondary N) is 1. The first kappa shape index (κ1) is 18.4. The van der Waals surface area contributed by atoms with E-state index >= 15 is 0 Å². The van der Waals surface area contributed by atoms with E-state index in [2.05, 4.69) is 5.32 Å². The Morgan fingerprint density at radius 1 is 1.11 bits per heavy atom. The Kier molecular flexibility index (Phi) is 5.17. The Morgan fingerprint density at radius 3 is 2.56 bits per heavy atom. The van der Waals surface area contributed by atoms with Crippen LogP contribution in [0.1, 0.15) is 19.3 Å². The van der Waals surface area contributed by atoms with Crippen molar-refractivity contribution in [3.05, 3.63) is 52.5 Å². The lowest BCUT2D eigenvalue weighted by molar-refractivity contribution is -0.140. The van der Waals surface area contributed by atoms with Crippen molar-refractivity contribution in [1.29, 1.82) is 0 Å². The van der Waals surface area contributed by atoms with Crippen LogP contribution in [0.5, 0.6) is 11.5 Å². The minimum absolute atomic E-state index is 0.146. The number of rotatable bonds is 3. The van der Waals surface area contributed by atoms with Crippen molar-refractivity contribution in [2.45, 2.75) is 24.9 Å². The number of ether oxygens (including phenoxy) is 2. The van der Waals surface area contributed by atoms with Gasteiger partial charge in [0.25, 0.3) is 0 Å². The van der Waals surface area contributed by atoms with Crippen LogP contribution in [0.4, 0.5) is 10.5 Å². The van der Waals surface area contributed by atoms with E-state index in [1.165, 1.54) is 0 Å². The quantitative estimate of drug-likeness (QED) is 0.724. The summed E-state index contributed by atoms with van der Waals surface area (Å²) < 4.78 is 11.8. The van der Waals surface area contributed by atoms with Crippen LogP contribution in [-0.2, 0) is 4.74 Å². The highest BCUT2D eigenvalue weighted by atomic mass is 35.5. The van der Waals surface area contributed by atoms with E-state index in [0.29, 0.717) is 46.9 Å². The molecule has 4 rings (SSSR count). The molecule has 1 aliphatic heterocycles. The van der Waals surface area contributed by atoms with Gasteiger partial charge in [0.1, 0.15) is 5.75 Å². The molecule has 1 saturated heterocycles. The van der Waals surface area contributed by atoms with Crippen molar-refractivity contribution < 1.29 is 14.3 Å². The molecule has 0 radical (unpaired) electrons. The molecule has 2 fully saturated rings. The van der Waals surface area contributed by atoms with E-state index in [9.17, 15) is 4.79 Å².